The third-order valence-corrected chi connectivity index (χ3v) is 2.35. The summed E-state index contributed by atoms with van der Waals surface area (Å²) in [6, 6.07) is 0. The van der Waals surface area contributed by atoms with Gasteiger partial charge in [0.05, 0.1) is 5.60 Å². The number of rotatable bonds is 3. The van der Waals surface area contributed by atoms with Gasteiger partial charge in [-0.25, -0.2) is 4.79 Å². The average molecular weight is 228 g/mol. The minimum absolute atomic E-state index is 0.148. The van der Waals surface area contributed by atoms with E-state index in [9.17, 15) is 9.59 Å². The standard InChI is InChI=1S/C11H16O5/c1-4-7(9(12)10(13)14)8-5-16-11(2,3)6-15-8/h4-6H2,1-3H3,(H,13,14). The molecule has 5 nitrogen and oxygen atoms in total. The highest BCUT2D eigenvalue weighted by atomic mass is 16.6. The van der Waals surface area contributed by atoms with E-state index in [1.54, 1.807) is 6.92 Å². The second kappa shape index (κ2) is 4.65. The monoisotopic (exact) mass is 228 g/mol. The number of carboxylic acid groups (broad SMARTS) is 1. The Kier molecular flexibility index (Phi) is 3.70. The topological polar surface area (TPSA) is 72.8 Å². The summed E-state index contributed by atoms with van der Waals surface area (Å²) in [4.78, 5) is 21.9. The van der Waals surface area contributed by atoms with E-state index < -0.39 is 17.4 Å². The lowest BCUT2D eigenvalue weighted by molar-refractivity contribution is -0.147. The van der Waals surface area contributed by atoms with Gasteiger partial charge in [0.1, 0.15) is 19.0 Å². The number of aliphatic carboxylic acids is 1. The van der Waals surface area contributed by atoms with Crippen molar-refractivity contribution >= 4 is 11.8 Å². The summed E-state index contributed by atoms with van der Waals surface area (Å²) < 4.78 is 10.9. The summed E-state index contributed by atoms with van der Waals surface area (Å²) in [5.41, 5.74) is -0.211. The molecule has 0 unspecified atom stereocenters. The van der Waals surface area contributed by atoms with Crippen LogP contribution in [0.4, 0.5) is 0 Å². The molecule has 0 bridgehead atoms. The lowest BCUT2D eigenvalue weighted by atomic mass is 10.1. The summed E-state index contributed by atoms with van der Waals surface area (Å²) in [6.07, 6.45) is 0.324. The fourth-order valence-electron chi connectivity index (χ4n) is 1.39. The Morgan fingerprint density at radius 1 is 1.44 bits per heavy atom. The van der Waals surface area contributed by atoms with Gasteiger partial charge in [-0.3, -0.25) is 4.79 Å². The zero-order valence-electron chi connectivity index (χ0n) is 9.70. The summed E-state index contributed by atoms with van der Waals surface area (Å²) in [5.74, 6) is -2.03. The zero-order chi connectivity index (χ0) is 12.3. The zero-order valence-corrected chi connectivity index (χ0v) is 9.70. The maximum Gasteiger partial charge on any atom is 0.377 e. The number of hydrogen-bond donors (Lipinski definition) is 1. The molecule has 0 saturated carbocycles. The predicted octanol–water partition coefficient (Wildman–Crippen LogP) is 1.13. The van der Waals surface area contributed by atoms with E-state index in [-0.39, 0.29) is 12.2 Å². The van der Waals surface area contributed by atoms with Crippen LogP contribution in [0, 0.1) is 0 Å². The van der Waals surface area contributed by atoms with E-state index in [2.05, 4.69) is 0 Å². The van der Waals surface area contributed by atoms with Gasteiger partial charge in [0, 0.05) is 5.57 Å². The number of hydrogen-bond acceptors (Lipinski definition) is 4. The third-order valence-electron chi connectivity index (χ3n) is 2.35. The second-order valence-electron chi connectivity index (χ2n) is 4.23. The molecule has 1 aliphatic heterocycles. The average Bonchev–Trinajstić information content (AvgIpc) is 2.21. The molecular formula is C11H16O5. The molecule has 0 radical (unpaired) electrons. The number of ketones is 1. The number of Topliss-reactive ketones (excluding diaryl/α,β-unsaturated/α-hetero) is 1. The molecule has 0 aromatic heterocycles. The van der Waals surface area contributed by atoms with Crippen LogP contribution in [0.3, 0.4) is 0 Å². The third kappa shape index (κ3) is 2.82. The van der Waals surface area contributed by atoms with Crippen molar-refractivity contribution in [2.75, 3.05) is 13.2 Å². The van der Waals surface area contributed by atoms with Gasteiger partial charge in [-0.2, -0.15) is 0 Å². The van der Waals surface area contributed by atoms with Crippen LogP contribution in [-0.4, -0.2) is 35.7 Å². The van der Waals surface area contributed by atoms with Crippen LogP contribution in [0.1, 0.15) is 27.2 Å². The molecule has 0 atom stereocenters. The smallest absolute Gasteiger partial charge is 0.377 e. The number of carbonyl (C=O) groups excluding carboxylic acids is 1. The molecule has 1 saturated heterocycles. The Hall–Kier alpha value is -1.36. The lowest BCUT2D eigenvalue weighted by Gasteiger charge is -2.32. The molecular weight excluding hydrogens is 212 g/mol. The normalized spacial score (nSPS) is 22.2. The highest BCUT2D eigenvalue weighted by Gasteiger charge is 2.29. The van der Waals surface area contributed by atoms with Crippen molar-refractivity contribution in [1.29, 1.82) is 0 Å². The minimum atomic E-state index is -1.46. The fraction of sp³-hybridized carbons (Fsp3) is 0.636. The van der Waals surface area contributed by atoms with Crippen LogP contribution in [0.25, 0.3) is 0 Å². The Morgan fingerprint density at radius 2 is 2.06 bits per heavy atom. The van der Waals surface area contributed by atoms with Gasteiger partial charge < -0.3 is 14.6 Å². The van der Waals surface area contributed by atoms with Crippen molar-refractivity contribution in [2.24, 2.45) is 0 Å². The molecule has 0 amide bonds. The number of carboxylic acids is 1. The molecule has 1 fully saturated rings. The number of carbonyl (C=O) groups is 2. The van der Waals surface area contributed by atoms with Crippen molar-refractivity contribution in [1.82, 2.24) is 0 Å². The molecule has 90 valence electrons. The van der Waals surface area contributed by atoms with Gasteiger partial charge in [-0.15, -0.1) is 0 Å². The predicted molar refractivity (Wildman–Crippen MR) is 55.9 cm³/mol. The fourth-order valence-corrected chi connectivity index (χ4v) is 1.39. The largest absolute Gasteiger partial charge is 0.492 e. The van der Waals surface area contributed by atoms with E-state index in [4.69, 9.17) is 14.6 Å². The van der Waals surface area contributed by atoms with Gasteiger partial charge in [0.25, 0.3) is 5.78 Å². The quantitative estimate of drug-likeness (QED) is 0.579. The highest BCUT2D eigenvalue weighted by molar-refractivity contribution is 6.39. The number of ether oxygens (including phenoxy) is 2. The molecule has 1 N–H and O–H groups in total. The summed E-state index contributed by atoms with van der Waals surface area (Å²) in [7, 11) is 0. The first-order valence-electron chi connectivity index (χ1n) is 5.14. The van der Waals surface area contributed by atoms with Gasteiger partial charge in [0.15, 0.2) is 0 Å². The van der Waals surface area contributed by atoms with Crippen molar-refractivity contribution < 1.29 is 24.2 Å². The van der Waals surface area contributed by atoms with Crippen LogP contribution in [0.2, 0.25) is 0 Å². The van der Waals surface area contributed by atoms with Crippen molar-refractivity contribution in [3.8, 4) is 0 Å². The van der Waals surface area contributed by atoms with E-state index in [1.165, 1.54) is 0 Å². The first kappa shape index (κ1) is 12.7. The van der Waals surface area contributed by atoms with Crippen LogP contribution in [0.5, 0.6) is 0 Å². The molecule has 1 aliphatic rings. The van der Waals surface area contributed by atoms with E-state index in [0.717, 1.165) is 0 Å². The minimum Gasteiger partial charge on any atom is -0.492 e. The van der Waals surface area contributed by atoms with Crippen LogP contribution < -0.4 is 0 Å². The van der Waals surface area contributed by atoms with Crippen LogP contribution >= 0.6 is 0 Å². The van der Waals surface area contributed by atoms with Gasteiger partial charge >= 0.3 is 5.97 Å². The molecule has 0 aliphatic carbocycles. The summed E-state index contributed by atoms with van der Waals surface area (Å²) in [5, 5.41) is 8.64. The SMILES string of the molecule is CCC(C(=O)C(=O)O)=C1COC(C)(C)CO1. The van der Waals surface area contributed by atoms with E-state index in [0.29, 0.717) is 18.8 Å². The molecule has 16 heavy (non-hydrogen) atoms. The van der Waals surface area contributed by atoms with Crippen molar-refractivity contribution in [3.05, 3.63) is 11.3 Å². The molecule has 5 heteroatoms. The molecule has 0 spiro atoms. The lowest BCUT2D eigenvalue weighted by Crippen LogP contribution is -2.37. The summed E-state index contributed by atoms with van der Waals surface area (Å²) in [6.45, 7) is 5.92. The Morgan fingerprint density at radius 3 is 2.44 bits per heavy atom. The second-order valence-corrected chi connectivity index (χ2v) is 4.23. The highest BCUT2D eigenvalue weighted by Crippen LogP contribution is 2.23. The maximum atomic E-state index is 11.3. The van der Waals surface area contributed by atoms with E-state index >= 15 is 0 Å². The molecule has 0 aromatic rings. The molecule has 0 aromatic carbocycles. The van der Waals surface area contributed by atoms with Crippen molar-refractivity contribution in [3.63, 3.8) is 0 Å². The van der Waals surface area contributed by atoms with E-state index in [1.807, 2.05) is 13.8 Å². The Labute approximate surface area is 94.0 Å². The van der Waals surface area contributed by atoms with Crippen LogP contribution in [-0.2, 0) is 19.1 Å². The Balaban J connectivity index is 2.87. The molecule has 1 rings (SSSR count). The van der Waals surface area contributed by atoms with Gasteiger partial charge in [-0.05, 0) is 20.3 Å². The molecule has 1 heterocycles. The summed E-state index contributed by atoms with van der Waals surface area (Å²) >= 11 is 0. The van der Waals surface area contributed by atoms with Gasteiger partial charge in [0.2, 0.25) is 0 Å². The van der Waals surface area contributed by atoms with Crippen molar-refractivity contribution in [2.45, 2.75) is 32.8 Å². The maximum absolute atomic E-state index is 11.3. The first-order chi connectivity index (χ1) is 7.37. The first-order valence-corrected chi connectivity index (χ1v) is 5.14. The Bertz CT molecular complexity index is 328. The van der Waals surface area contributed by atoms with Gasteiger partial charge in [-0.1, -0.05) is 6.92 Å². The van der Waals surface area contributed by atoms with Crippen LogP contribution in [0.15, 0.2) is 11.3 Å².